The Hall–Kier alpha value is -2.64. The molecular formula is C12H15N3O5. The highest BCUT2D eigenvalue weighted by molar-refractivity contribution is 5.96. The van der Waals surface area contributed by atoms with E-state index in [0.29, 0.717) is 19.4 Å². The summed E-state index contributed by atoms with van der Waals surface area (Å²) in [5.41, 5.74) is 4.51. The smallest absolute Gasteiger partial charge is 0.338 e. The number of benzene rings is 1. The molecule has 0 aliphatic carbocycles. The van der Waals surface area contributed by atoms with Gasteiger partial charge < -0.3 is 16.2 Å². The van der Waals surface area contributed by atoms with Crippen LogP contribution in [0.15, 0.2) is 18.2 Å². The third-order valence-electron chi connectivity index (χ3n) is 2.62. The van der Waals surface area contributed by atoms with Gasteiger partial charge in [-0.05, 0) is 18.9 Å². The third kappa shape index (κ3) is 4.23. The van der Waals surface area contributed by atoms with Crippen molar-refractivity contribution in [3.05, 3.63) is 33.9 Å². The molecule has 4 N–H and O–H groups in total. The maximum atomic E-state index is 11.1. The van der Waals surface area contributed by atoms with Crippen molar-refractivity contribution >= 4 is 23.3 Å². The van der Waals surface area contributed by atoms with Crippen LogP contribution in [0.4, 0.5) is 11.4 Å². The molecule has 0 atom stereocenters. The molecule has 0 unspecified atom stereocenters. The van der Waals surface area contributed by atoms with Crippen molar-refractivity contribution < 1.29 is 19.6 Å². The molecule has 0 aromatic heterocycles. The first-order valence-corrected chi connectivity index (χ1v) is 5.96. The van der Waals surface area contributed by atoms with Gasteiger partial charge in [0, 0.05) is 19.0 Å². The molecule has 0 aliphatic rings. The normalized spacial score (nSPS) is 10.0. The zero-order valence-electron chi connectivity index (χ0n) is 10.7. The van der Waals surface area contributed by atoms with Gasteiger partial charge in [-0.25, -0.2) is 4.79 Å². The maximum absolute atomic E-state index is 11.1. The molecule has 0 saturated carbocycles. The van der Waals surface area contributed by atoms with Crippen LogP contribution in [-0.4, -0.2) is 28.5 Å². The minimum atomic E-state index is -1.24. The zero-order chi connectivity index (χ0) is 15.1. The lowest BCUT2D eigenvalue weighted by Crippen LogP contribution is -2.12. The number of hydrogen-bond donors (Lipinski definition) is 3. The van der Waals surface area contributed by atoms with Gasteiger partial charge in [0.1, 0.15) is 5.69 Å². The summed E-state index contributed by atoms with van der Waals surface area (Å²) in [7, 11) is 0. The minimum Gasteiger partial charge on any atom is -0.478 e. The molecule has 0 bridgehead atoms. The lowest BCUT2D eigenvalue weighted by Gasteiger charge is -2.09. The van der Waals surface area contributed by atoms with Crippen LogP contribution in [0, 0.1) is 10.1 Å². The molecule has 1 aromatic carbocycles. The molecule has 8 heteroatoms. The highest BCUT2D eigenvalue weighted by atomic mass is 16.6. The van der Waals surface area contributed by atoms with Crippen LogP contribution in [-0.2, 0) is 4.79 Å². The second-order valence-corrected chi connectivity index (χ2v) is 4.11. The van der Waals surface area contributed by atoms with E-state index in [1.165, 1.54) is 18.2 Å². The summed E-state index contributed by atoms with van der Waals surface area (Å²) in [6.45, 7) is 0.318. The molecule has 108 valence electrons. The average Bonchev–Trinajstić information content (AvgIpc) is 2.37. The van der Waals surface area contributed by atoms with Gasteiger partial charge in [-0.2, -0.15) is 0 Å². The van der Waals surface area contributed by atoms with E-state index >= 15 is 0 Å². The van der Waals surface area contributed by atoms with Crippen LogP contribution in [0.25, 0.3) is 0 Å². The molecule has 0 saturated heterocycles. The van der Waals surface area contributed by atoms with Crippen molar-refractivity contribution in [3.8, 4) is 0 Å². The number of rotatable bonds is 8. The fourth-order valence-electron chi connectivity index (χ4n) is 1.69. The van der Waals surface area contributed by atoms with Crippen molar-refractivity contribution in [2.75, 3.05) is 11.9 Å². The molecule has 1 rings (SSSR count). The zero-order valence-corrected chi connectivity index (χ0v) is 10.7. The second kappa shape index (κ2) is 7.07. The minimum absolute atomic E-state index is 0.0240. The van der Waals surface area contributed by atoms with E-state index in [2.05, 4.69) is 5.32 Å². The number of carbonyl (C=O) groups is 2. The summed E-state index contributed by atoms with van der Waals surface area (Å²) >= 11 is 0. The number of nitrogens with one attached hydrogen (secondary N) is 1. The summed E-state index contributed by atoms with van der Waals surface area (Å²) in [6.07, 6.45) is 1.31. The van der Waals surface area contributed by atoms with E-state index in [0.717, 1.165) is 0 Å². The molecule has 0 radical (unpaired) electrons. The number of amides is 1. The Bertz CT molecular complexity index is 498. The maximum Gasteiger partial charge on any atom is 0.338 e. The Morgan fingerprint density at radius 2 is 2.05 bits per heavy atom. The Balaban J connectivity index is 2.78. The van der Waals surface area contributed by atoms with Crippen LogP contribution >= 0.6 is 0 Å². The molecular weight excluding hydrogens is 266 g/mol. The van der Waals surface area contributed by atoms with E-state index in [1.807, 2.05) is 0 Å². The van der Waals surface area contributed by atoms with Crippen molar-refractivity contribution in [2.45, 2.75) is 19.3 Å². The van der Waals surface area contributed by atoms with Gasteiger partial charge in [0.2, 0.25) is 5.91 Å². The summed E-state index contributed by atoms with van der Waals surface area (Å²) in [6, 6.07) is 3.85. The molecule has 0 spiro atoms. The summed E-state index contributed by atoms with van der Waals surface area (Å²) in [5, 5.41) is 22.7. The topological polar surface area (TPSA) is 136 Å². The Labute approximate surface area is 114 Å². The number of aromatic carboxylic acids is 1. The first-order chi connectivity index (χ1) is 9.43. The van der Waals surface area contributed by atoms with Gasteiger partial charge in [-0.3, -0.25) is 14.9 Å². The molecule has 1 amide bonds. The number of carbonyl (C=O) groups excluding carboxylic acids is 1. The first kappa shape index (κ1) is 15.4. The molecule has 0 aliphatic heterocycles. The Kier molecular flexibility index (Phi) is 5.45. The monoisotopic (exact) mass is 281 g/mol. The van der Waals surface area contributed by atoms with E-state index in [4.69, 9.17) is 10.8 Å². The van der Waals surface area contributed by atoms with Gasteiger partial charge in [-0.1, -0.05) is 6.07 Å². The SMILES string of the molecule is NC(=O)CCCCNc1c(C(=O)O)cccc1[N+](=O)[O-]. The third-order valence-corrected chi connectivity index (χ3v) is 2.62. The van der Waals surface area contributed by atoms with Crippen LogP contribution < -0.4 is 11.1 Å². The van der Waals surface area contributed by atoms with Crippen molar-refractivity contribution in [1.82, 2.24) is 0 Å². The van der Waals surface area contributed by atoms with E-state index in [9.17, 15) is 19.7 Å². The highest BCUT2D eigenvalue weighted by Crippen LogP contribution is 2.28. The van der Waals surface area contributed by atoms with Crippen LogP contribution in [0.5, 0.6) is 0 Å². The predicted octanol–water partition coefficient (Wildman–Crippen LogP) is 1.36. The van der Waals surface area contributed by atoms with Gasteiger partial charge in [0.15, 0.2) is 0 Å². The number of anilines is 1. The number of primary amides is 1. The number of unbranched alkanes of at least 4 members (excludes halogenated alkanes) is 1. The molecule has 0 fully saturated rings. The van der Waals surface area contributed by atoms with Crippen molar-refractivity contribution in [2.24, 2.45) is 5.73 Å². The highest BCUT2D eigenvalue weighted by Gasteiger charge is 2.20. The quantitative estimate of drug-likeness (QED) is 0.374. The lowest BCUT2D eigenvalue weighted by atomic mass is 10.1. The predicted molar refractivity (Wildman–Crippen MR) is 71.6 cm³/mol. The number of nitrogens with two attached hydrogens (primary N) is 1. The number of nitrogens with zero attached hydrogens (tertiary/aromatic N) is 1. The molecule has 0 heterocycles. The van der Waals surface area contributed by atoms with Crippen molar-refractivity contribution in [1.29, 1.82) is 0 Å². The summed E-state index contributed by atoms with van der Waals surface area (Å²) in [4.78, 5) is 31.9. The van der Waals surface area contributed by atoms with Gasteiger partial charge in [-0.15, -0.1) is 0 Å². The number of nitro groups is 1. The average molecular weight is 281 g/mol. The standard InChI is InChI=1S/C12H15N3O5/c13-10(16)6-1-2-7-14-11-8(12(17)18)4-3-5-9(11)15(19)20/h3-5,14H,1-2,6-7H2,(H2,13,16)(H,17,18). The molecule has 1 aromatic rings. The van der Waals surface area contributed by atoms with Gasteiger partial charge in [0.05, 0.1) is 10.5 Å². The Morgan fingerprint density at radius 1 is 1.35 bits per heavy atom. The van der Waals surface area contributed by atoms with Crippen LogP contribution in [0.1, 0.15) is 29.6 Å². The first-order valence-electron chi connectivity index (χ1n) is 5.96. The molecule has 20 heavy (non-hydrogen) atoms. The number of hydrogen-bond acceptors (Lipinski definition) is 5. The van der Waals surface area contributed by atoms with E-state index in [1.54, 1.807) is 0 Å². The van der Waals surface area contributed by atoms with E-state index in [-0.39, 0.29) is 23.4 Å². The van der Waals surface area contributed by atoms with Crippen LogP contribution in [0.2, 0.25) is 0 Å². The second-order valence-electron chi connectivity index (χ2n) is 4.11. The Morgan fingerprint density at radius 3 is 2.60 bits per heavy atom. The summed E-state index contributed by atoms with van der Waals surface area (Å²) in [5.74, 6) is -1.66. The van der Waals surface area contributed by atoms with Gasteiger partial charge in [0.25, 0.3) is 5.69 Å². The fourth-order valence-corrected chi connectivity index (χ4v) is 1.69. The van der Waals surface area contributed by atoms with E-state index < -0.39 is 16.8 Å². The number of nitro benzene ring substituents is 1. The fraction of sp³-hybridized carbons (Fsp3) is 0.333. The number of para-hydroxylation sites is 1. The van der Waals surface area contributed by atoms with Crippen molar-refractivity contribution in [3.63, 3.8) is 0 Å². The number of carboxylic acids is 1. The van der Waals surface area contributed by atoms with Gasteiger partial charge >= 0.3 is 5.97 Å². The lowest BCUT2D eigenvalue weighted by molar-refractivity contribution is -0.384. The number of carboxylic acid groups (broad SMARTS) is 1. The van der Waals surface area contributed by atoms with Crippen LogP contribution in [0.3, 0.4) is 0 Å². The molecule has 8 nitrogen and oxygen atoms in total. The largest absolute Gasteiger partial charge is 0.478 e. The summed E-state index contributed by atoms with van der Waals surface area (Å²) < 4.78 is 0.